The lowest BCUT2D eigenvalue weighted by Gasteiger charge is -2.23. The number of rotatable bonds is 6. The van der Waals surface area contributed by atoms with Crippen LogP contribution in [0.3, 0.4) is 0 Å². The Labute approximate surface area is 86.0 Å². The lowest BCUT2D eigenvalue weighted by atomic mass is 10.4. The number of sulfonamides is 1. The first-order chi connectivity index (χ1) is 6.52. The maximum absolute atomic E-state index is 11.8. The highest BCUT2D eigenvalue weighted by atomic mass is 32.2. The maximum Gasteiger partial charge on any atom is 0.218 e. The molecule has 0 aromatic carbocycles. The Morgan fingerprint density at radius 1 is 1.50 bits per heavy atom. The number of hydrogen-bond donors (Lipinski definition) is 1. The largest absolute Gasteiger partial charge is 0.395 e. The Kier molecular flexibility index (Phi) is 3.92. The van der Waals surface area contributed by atoms with E-state index in [1.54, 1.807) is 6.92 Å². The van der Waals surface area contributed by atoms with Gasteiger partial charge in [0.15, 0.2) is 0 Å². The predicted molar refractivity (Wildman–Crippen MR) is 55.4 cm³/mol. The summed E-state index contributed by atoms with van der Waals surface area (Å²) in [5, 5.41) is 8.18. The summed E-state index contributed by atoms with van der Waals surface area (Å²) in [6.45, 7) is 4.21. The molecule has 1 aliphatic rings. The molecule has 84 valence electrons. The van der Waals surface area contributed by atoms with E-state index in [2.05, 4.69) is 0 Å². The fourth-order valence-corrected chi connectivity index (χ4v) is 2.83. The summed E-state index contributed by atoms with van der Waals surface area (Å²) in [4.78, 5) is 0. The molecule has 5 heteroatoms. The third-order valence-electron chi connectivity index (χ3n) is 2.64. The third kappa shape index (κ3) is 2.68. The van der Waals surface area contributed by atoms with Crippen LogP contribution in [0.25, 0.3) is 0 Å². The van der Waals surface area contributed by atoms with Gasteiger partial charge < -0.3 is 5.11 Å². The Morgan fingerprint density at radius 3 is 2.43 bits per heavy atom. The molecule has 14 heavy (non-hydrogen) atoms. The van der Waals surface area contributed by atoms with E-state index in [0.717, 1.165) is 12.8 Å². The highest BCUT2D eigenvalue weighted by Crippen LogP contribution is 2.30. The van der Waals surface area contributed by atoms with E-state index in [1.165, 1.54) is 4.31 Å². The molecular weight excluding hydrogens is 202 g/mol. The van der Waals surface area contributed by atoms with Crippen LogP contribution in [0.4, 0.5) is 0 Å². The van der Waals surface area contributed by atoms with Gasteiger partial charge in [0.05, 0.1) is 11.9 Å². The first-order valence-electron chi connectivity index (χ1n) is 5.12. The van der Waals surface area contributed by atoms with Crippen LogP contribution in [0, 0.1) is 5.92 Å². The number of hydrogen-bond acceptors (Lipinski definition) is 3. The summed E-state index contributed by atoms with van der Waals surface area (Å²) < 4.78 is 25.1. The van der Waals surface area contributed by atoms with Crippen molar-refractivity contribution in [1.82, 2.24) is 4.31 Å². The normalized spacial score (nSPS) is 20.0. The molecule has 1 atom stereocenters. The fourth-order valence-electron chi connectivity index (χ4n) is 1.35. The molecule has 0 saturated heterocycles. The zero-order valence-electron chi connectivity index (χ0n) is 8.81. The first kappa shape index (κ1) is 11.9. The molecule has 1 rings (SSSR count). The average molecular weight is 221 g/mol. The lowest BCUT2D eigenvalue weighted by Crippen LogP contribution is -2.40. The SMILES string of the molecule is CCN(CC1CC1)S(=O)(=O)C(C)CO. The molecule has 0 spiro atoms. The quantitative estimate of drug-likeness (QED) is 0.707. The topological polar surface area (TPSA) is 57.6 Å². The second kappa shape index (κ2) is 4.59. The summed E-state index contributed by atoms with van der Waals surface area (Å²) in [5.41, 5.74) is 0. The van der Waals surface area contributed by atoms with E-state index in [9.17, 15) is 8.42 Å². The second-order valence-corrected chi connectivity index (χ2v) is 6.28. The van der Waals surface area contributed by atoms with Crippen molar-refractivity contribution < 1.29 is 13.5 Å². The van der Waals surface area contributed by atoms with E-state index >= 15 is 0 Å². The summed E-state index contributed by atoms with van der Waals surface area (Å²) in [6, 6.07) is 0. The van der Waals surface area contributed by atoms with Gasteiger partial charge in [-0.15, -0.1) is 0 Å². The molecule has 0 amide bonds. The molecule has 0 aliphatic heterocycles. The fraction of sp³-hybridized carbons (Fsp3) is 1.00. The molecule has 1 saturated carbocycles. The van der Waals surface area contributed by atoms with E-state index in [4.69, 9.17) is 5.11 Å². The van der Waals surface area contributed by atoms with Gasteiger partial charge in [-0.05, 0) is 25.7 Å². The molecule has 4 nitrogen and oxygen atoms in total. The van der Waals surface area contributed by atoms with Crippen LogP contribution >= 0.6 is 0 Å². The second-order valence-electron chi connectivity index (χ2n) is 3.93. The number of aliphatic hydroxyl groups excluding tert-OH is 1. The zero-order chi connectivity index (χ0) is 10.8. The third-order valence-corrected chi connectivity index (χ3v) is 4.93. The highest BCUT2D eigenvalue weighted by Gasteiger charge is 2.32. The number of aliphatic hydroxyl groups is 1. The summed E-state index contributed by atoms with van der Waals surface area (Å²) in [5.74, 6) is 0.551. The van der Waals surface area contributed by atoms with Crippen molar-refractivity contribution in [2.45, 2.75) is 31.9 Å². The molecule has 0 bridgehead atoms. The van der Waals surface area contributed by atoms with Crippen LogP contribution in [0.15, 0.2) is 0 Å². The van der Waals surface area contributed by atoms with Crippen molar-refractivity contribution in [1.29, 1.82) is 0 Å². The van der Waals surface area contributed by atoms with Crippen molar-refractivity contribution in [3.05, 3.63) is 0 Å². The van der Waals surface area contributed by atoms with E-state index in [1.807, 2.05) is 6.92 Å². The van der Waals surface area contributed by atoms with Gasteiger partial charge in [0, 0.05) is 13.1 Å². The van der Waals surface area contributed by atoms with Crippen LogP contribution in [0.1, 0.15) is 26.7 Å². The van der Waals surface area contributed by atoms with Gasteiger partial charge in [0.25, 0.3) is 0 Å². The minimum atomic E-state index is -3.27. The molecule has 1 fully saturated rings. The summed E-state index contributed by atoms with van der Waals surface area (Å²) in [6.07, 6.45) is 2.28. The van der Waals surface area contributed by atoms with Crippen molar-refractivity contribution in [2.24, 2.45) is 5.92 Å². The minimum Gasteiger partial charge on any atom is -0.395 e. The van der Waals surface area contributed by atoms with Crippen molar-refractivity contribution in [3.63, 3.8) is 0 Å². The van der Waals surface area contributed by atoms with E-state index < -0.39 is 15.3 Å². The van der Waals surface area contributed by atoms with Crippen LogP contribution in [-0.4, -0.2) is 42.8 Å². The van der Waals surface area contributed by atoms with Gasteiger partial charge in [-0.25, -0.2) is 12.7 Å². The number of nitrogens with zero attached hydrogens (tertiary/aromatic N) is 1. The Hall–Kier alpha value is -0.130. The molecule has 1 N–H and O–H groups in total. The summed E-state index contributed by atoms with van der Waals surface area (Å²) >= 11 is 0. The standard InChI is InChI=1S/C9H19NO3S/c1-3-10(6-9-4-5-9)14(12,13)8(2)7-11/h8-9,11H,3-7H2,1-2H3. The average Bonchev–Trinajstić information content (AvgIpc) is 2.95. The minimum absolute atomic E-state index is 0.302. The van der Waals surface area contributed by atoms with Gasteiger partial charge >= 0.3 is 0 Å². The summed E-state index contributed by atoms with van der Waals surface area (Å²) in [7, 11) is -3.27. The predicted octanol–water partition coefficient (Wildman–Crippen LogP) is 0.429. The van der Waals surface area contributed by atoms with Gasteiger partial charge in [-0.2, -0.15) is 0 Å². The van der Waals surface area contributed by atoms with Gasteiger partial charge in [-0.3, -0.25) is 0 Å². The molecular formula is C9H19NO3S. The van der Waals surface area contributed by atoms with Crippen molar-refractivity contribution in [3.8, 4) is 0 Å². The molecule has 0 aromatic rings. The van der Waals surface area contributed by atoms with Gasteiger partial charge in [-0.1, -0.05) is 6.92 Å². The van der Waals surface area contributed by atoms with Crippen molar-refractivity contribution in [2.75, 3.05) is 19.7 Å². The van der Waals surface area contributed by atoms with Crippen LogP contribution in [0.5, 0.6) is 0 Å². The molecule has 1 unspecified atom stereocenters. The molecule has 0 radical (unpaired) electrons. The van der Waals surface area contributed by atoms with E-state index in [-0.39, 0.29) is 6.61 Å². The monoisotopic (exact) mass is 221 g/mol. The highest BCUT2D eigenvalue weighted by molar-refractivity contribution is 7.89. The Morgan fingerprint density at radius 2 is 2.07 bits per heavy atom. The van der Waals surface area contributed by atoms with Crippen molar-refractivity contribution >= 4 is 10.0 Å². The smallest absolute Gasteiger partial charge is 0.218 e. The van der Waals surface area contributed by atoms with E-state index in [0.29, 0.717) is 19.0 Å². The first-order valence-corrected chi connectivity index (χ1v) is 6.62. The van der Waals surface area contributed by atoms with Gasteiger partial charge in [0.2, 0.25) is 10.0 Å². The maximum atomic E-state index is 11.8. The molecule has 1 aliphatic carbocycles. The van der Waals surface area contributed by atoms with Crippen LogP contribution in [-0.2, 0) is 10.0 Å². The Bertz CT molecular complexity index is 272. The molecule has 0 heterocycles. The lowest BCUT2D eigenvalue weighted by molar-refractivity contribution is 0.288. The van der Waals surface area contributed by atoms with Gasteiger partial charge in [0.1, 0.15) is 0 Å². The zero-order valence-corrected chi connectivity index (χ0v) is 9.63. The van der Waals surface area contributed by atoms with Crippen LogP contribution in [0.2, 0.25) is 0 Å². The molecule has 0 aromatic heterocycles. The Balaban J connectivity index is 2.65. The van der Waals surface area contributed by atoms with Crippen LogP contribution < -0.4 is 0 Å².